The van der Waals surface area contributed by atoms with Crippen molar-refractivity contribution in [3.05, 3.63) is 64.8 Å². The van der Waals surface area contributed by atoms with E-state index in [4.69, 9.17) is 15.2 Å². The number of methoxy groups -OCH3 is 1. The number of ether oxygens (including phenoxy) is 2. The first kappa shape index (κ1) is 21.1. The van der Waals surface area contributed by atoms with Crippen LogP contribution < -0.4 is 25.8 Å². The van der Waals surface area contributed by atoms with Gasteiger partial charge in [0.1, 0.15) is 6.61 Å². The van der Waals surface area contributed by atoms with E-state index in [0.717, 1.165) is 11.1 Å². The van der Waals surface area contributed by atoms with Crippen LogP contribution >= 0.6 is 0 Å². The standard InChI is InChI=1S/C21H25N5O4/c1-14-6-3-4-7-16(14)13-29-19-15(8-5-9-17(19)28-2)12-23-10-11-24-21(27)18-20(22)26-30-25-18/h3-9,23H,10-13H2,1-2H3,(H2,22,26)(H,24,27). The van der Waals surface area contributed by atoms with Gasteiger partial charge in [0.15, 0.2) is 11.5 Å². The zero-order chi connectivity index (χ0) is 21.3. The molecule has 0 aliphatic rings. The number of nitrogens with one attached hydrogen (secondary N) is 2. The average molecular weight is 411 g/mol. The number of nitrogens with zero attached hydrogens (tertiary/aromatic N) is 2. The predicted octanol–water partition coefficient (Wildman–Crippen LogP) is 2.07. The van der Waals surface area contributed by atoms with Crippen molar-refractivity contribution in [3.63, 3.8) is 0 Å². The highest BCUT2D eigenvalue weighted by atomic mass is 16.6. The Morgan fingerprint density at radius 3 is 2.63 bits per heavy atom. The van der Waals surface area contributed by atoms with Gasteiger partial charge in [-0.15, -0.1) is 0 Å². The first-order valence-corrected chi connectivity index (χ1v) is 9.50. The Labute approximate surface area is 174 Å². The van der Waals surface area contributed by atoms with E-state index in [1.807, 2.05) is 36.4 Å². The SMILES string of the molecule is COc1cccc(CNCCNC(=O)c2nonc2N)c1OCc1ccccc1C. The Balaban J connectivity index is 1.54. The maximum absolute atomic E-state index is 11.9. The predicted molar refractivity (Wildman–Crippen MR) is 111 cm³/mol. The van der Waals surface area contributed by atoms with Crippen LogP contribution in [0.2, 0.25) is 0 Å². The van der Waals surface area contributed by atoms with Crippen molar-refractivity contribution < 1.29 is 18.9 Å². The number of nitrogens with two attached hydrogens (primary N) is 1. The monoisotopic (exact) mass is 411 g/mol. The fraction of sp³-hybridized carbons (Fsp3) is 0.286. The lowest BCUT2D eigenvalue weighted by atomic mass is 10.1. The van der Waals surface area contributed by atoms with Gasteiger partial charge in [0.25, 0.3) is 5.91 Å². The molecule has 30 heavy (non-hydrogen) atoms. The summed E-state index contributed by atoms with van der Waals surface area (Å²) in [6, 6.07) is 13.9. The second-order valence-electron chi connectivity index (χ2n) is 6.59. The number of anilines is 1. The molecule has 0 atom stereocenters. The molecule has 0 fully saturated rings. The first-order chi connectivity index (χ1) is 14.6. The third-order valence-electron chi connectivity index (χ3n) is 4.55. The molecule has 0 aliphatic heterocycles. The van der Waals surface area contributed by atoms with Crippen LogP contribution in [0.15, 0.2) is 47.1 Å². The molecule has 3 aromatic rings. The fourth-order valence-electron chi connectivity index (χ4n) is 2.87. The molecule has 2 aromatic carbocycles. The number of benzene rings is 2. The molecule has 9 nitrogen and oxygen atoms in total. The third kappa shape index (κ3) is 5.26. The number of hydrogen-bond donors (Lipinski definition) is 3. The lowest BCUT2D eigenvalue weighted by Crippen LogP contribution is -2.32. The lowest BCUT2D eigenvalue weighted by molar-refractivity contribution is 0.0944. The zero-order valence-electron chi connectivity index (χ0n) is 17.0. The summed E-state index contributed by atoms with van der Waals surface area (Å²) < 4.78 is 16.0. The van der Waals surface area contributed by atoms with E-state index in [-0.39, 0.29) is 11.5 Å². The highest BCUT2D eigenvalue weighted by Crippen LogP contribution is 2.32. The van der Waals surface area contributed by atoms with Crippen molar-refractivity contribution in [2.24, 2.45) is 0 Å². The van der Waals surface area contributed by atoms with Crippen LogP contribution in [-0.4, -0.2) is 36.4 Å². The van der Waals surface area contributed by atoms with E-state index < -0.39 is 5.91 Å². The summed E-state index contributed by atoms with van der Waals surface area (Å²) in [7, 11) is 1.62. The number of amides is 1. The molecule has 0 saturated heterocycles. The molecule has 9 heteroatoms. The molecule has 0 aliphatic carbocycles. The summed E-state index contributed by atoms with van der Waals surface area (Å²) in [5.74, 6) is 0.901. The van der Waals surface area contributed by atoms with Crippen LogP contribution in [0.25, 0.3) is 0 Å². The van der Waals surface area contributed by atoms with Gasteiger partial charge in [-0.05, 0) is 34.4 Å². The molecule has 0 radical (unpaired) electrons. The number of nitrogen functional groups attached to an aromatic ring is 1. The normalized spacial score (nSPS) is 10.6. The number of carbonyl (C=O) groups is 1. The topological polar surface area (TPSA) is 125 Å². The molecule has 1 heterocycles. The largest absolute Gasteiger partial charge is 0.493 e. The van der Waals surface area contributed by atoms with Crippen molar-refractivity contribution in [3.8, 4) is 11.5 Å². The summed E-state index contributed by atoms with van der Waals surface area (Å²) in [5, 5.41) is 12.8. The lowest BCUT2D eigenvalue weighted by Gasteiger charge is -2.16. The van der Waals surface area contributed by atoms with Crippen molar-refractivity contribution in [1.82, 2.24) is 20.9 Å². The van der Waals surface area contributed by atoms with Crippen LogP contribution in [-0.2, 0) is 13.2 Å². The van der Waals surface area contributed by atoms with Gasteiger partial charge in [0.05, 0.1) is 7.11 Å². The van der Waals surface area contributed by atoms with E-state index in [9.17, 15) is 4.79 Å². The molecule has 3 rings (SSSR count). The van der Waals surface area contributed by atoms with Gasteiger partial charge in [-0.2, -0.15) is 0 Å². The zero-order valence-corrected chi connectivity index (χ0v) is 17.0. The fourth-order valence-corrected chi connectivity index (χ4v) is 2.87. The Morgan fingerprint density at radius 2 is 1.90 bits per heavy atom. The van der Waals surface area contributed by atoms with Gasteiger partial charge < -0.3 is 25.8 Å². The Hall–Kier alpha value is -3.59. The first-order valence-electron chi connectivity index (χ1n) is 9.50. The number of carbonyl (C=O) groups excluding carboxylic acids is 1. The molecule has 4 N–H and O–H groups in total. The van der Waals surface area contributed by atoms with Gasteiger partial charge >= 0.3 is 0 Å². The minimum atomic E-state index is -0.431. The highest BCUT2D eigenvalue weighted by Gasteiger charge is 2.15. The van der Waals surface area contributed by atoms with Crippen molar-refractivity contribution in [1.29, 1.82) is 0 Å². The smallest absolute Gasteiger partial charge is 0.277 e. The molecule has 1 aromatic heterocycles. The molecule has 158 valence electrons. The number of aryl methyl sites for hydroxylation is 1. The quantitative estimate of drug-likeness (QED) is 0.433. The molecule has 0 saturated carbocycles. The number of para-hydroxylation sites is 1. The van der Waals surface area contributed by atoms with Gasteiger partial charge in [-0.25, -0.2) is 4.63 Å². The molecule has 0 spiro atoms. The Bertz CT molecular complexity index is 989. The van der Waals surface area contributed by atoms with Crippen molar-refractivity contribution >= 4 is 11.7 Å². The number of aromatic nitrogens is 2. The van der Waals surface area contributed by atoms with Crippen molar-refractivity contribution in [2.75, 3.05) is 25.9 Å². The van der Waals surface area contributed by atoms with Crippen LogP contribution in [0.5, 0.6) is 11.5 Å². The van der Waals surface area contributed by atoms with Crippen LogP contribution in [0.1, 0.15) is 27.2 Å². The Morgan fingerprint density at radius 1 is 1.10 bits per heavy atom. The molecule has 0 unspecified atom stereocenters. The molecular weight excluding hydrogens is 386 g/mol. The van der Waals surface area contributed by atoms with Crippen LogP contribution in [0, 0.1) is 6.92 Å². The molecule has 1 amide bonds. The third-order valence-corrected chi connectivity index (χ3v) is 4.55. The minimum absolute atomic E-state index is 0.0188. The average Bonchev–Trinajstić information content (AvgIpc) is 3.19. The van der Waals surface area contributed by atoms with Gasteiger partial charge in [0.2, 0.25) is 11.5 Å². The summed E-state index contributed by atoms with van der Waals surface area (Å²) in [5.41, 5.74) is 8.73. The second kappa shape index (κ2) is 10.3. The van der Waals surface area contributed by atoms with E-state index in [1.165, 1.54) is 5.56 Å². The Kier molecular flexibility index (Phi) is 7.23. The van der Waals surface area contributed by atoms with Gasteiger partial charge in [-0.3, -0.25) is 4.79 Å². The maximum Gasteiger partial charge on any atom is 0.277 e. The number of rotatable bonds is 10. The maximum atomic E-state index is 11.9. The van der Waals surface area contributed by atoms with E-state index >= 15 is 0 Å². The van der Waals surface area contributed by atoms with E-state index in [2.05, 4.69) is 38.6 Å². The molecular formula is C21H25N5O4. The van der Waals surface area contributed by atoms with Crippen molar-refractivity contribution in [2.45, 2.75) is 20.1 Å². The van der Waals surface area contributed by atoms with E-state index in [1.54, 1.807) is 7.11 Å². The van der Waals surface area contributed by atoms with Gasteiger partial charge in [-0.1, -0.05) is 36.4 Å². The second-order valence-corrected chi connectivity index (χ2v) is 6.59. The van der Waals surface area contributed by atoms with E-state index in [0.29, 0.717) is 37.7 Å². The summed E-state index contributed by atoms with van der Waals surface area (Å²) in [6.07, 6.45) is 0. The van der Waals surface area contributed by atoms with Crippen LogP contribution in [0.3, 0.4) is 0 Å². The number of hydrogen-bond acceptors (Lipinski definition) is 8. The van der Waals surface area contributed by atoms with Crippen LogP contribution in [0.4, 0.5) is 5.82 Å². The summed E-state index contributed by atoms with van der Waals surface area (Å²) in [6.45, 7) is 3.97. The summed E-state index contributed by atoms with van der Waals surface area (Å²) in [4.78, 5) is 11.9. The minimum Gasteiger partial charge on any atom is -0.493 e. The highest BCUT2D eigenvalue weighted by molar-refractivity contribution is 5.95. The molecule has 0 bridgehead atoms. The van der Waals surface area contributed by atoms with Gasteiger partial charge in [0, 0.05) is 25.2 Å². The summed E-state index contributed by atoms with van der Waals surface area (Å²) >= 11 is 0.